The van der Waals surface area contributed by atoms with E-state index in [0.29, 0.717) is 5.69 Å². The number of pyridine rings is 1. The van der Waals surface area contributed by atoms with E-state index in [9.17, 15) is 27.9 Å². The minimum absolute atomic E-state index is 0.0755. The number of nitrogens with zero attached hydrogens (tertiary/aromatic N) is 3. The lowest BCUT2D eigenvalue weighted by Crippen LogP contribution is -2.56. The van der Waals surface area contributed by atoms with Crippen molar-refractivity contribution in [3.63, 3.8) is 0 Å². The molecule has 204 valence electrons. The Morgan fingerprint density at radius 2 is 1.87 bits per heavy atom. The molecule has 1 aromatic heterocycles. The van der Waals surface area contributed by atoms with E-state index in [1.165, 1.54) is 29.3 Å². The molecule has 2 unspecified atom stereocenters. The second-order valence-corrected chi connectivity index (χ2v) is 10.2. The number of halogens is 4. The molecule has 5 rings (SSSR count). The van der Waals surface area contributed by atoms with Gasteiger partial charge in [-0.2, -0.15) is 0 Å². The number of benzene rings is 2. The van der Waals surface area contributed by atoms with Crippen LogP contribution in [0.1, 0.15) is 37.3 Å². The number of amides is 2. The zero-order valence-electron chi connectivity index (χ0n) is 20.7. The lowest BCUT2D eigenvalue weighted by atomic mass is 9.87. The molecule has 1 saturated heterocycles. The number of aliphatic hydroxyl groups is 1. The average Bonchev–Trinajstić information content (AvgIpc) is 3.28. The number of carbonyl (C=O) groups is 2. The first-order valence-corrected chi connectivity index (χ1v) is 12.9. The summed E-state index contributed by atoms with van der Waals surface area (Å²) in [4.78, 5) is 34.9. The molecule has 2 aromatic carbocycles. The summed E-state index contributed by atoms with van der Waals surface area (Å²) in [6.45, 7) is 0. The van der Waals surface area contributed by atoms with Gasteiger partial charge in [0.25, 0.3) is 11.8 Å². The molecular formula is C28H26ClF3N4O3. The Morgan fingerprint density at radius 1 is 1.10 bits per heavy atom. The minimum atomic E-state index is -2.87. The summed E-state index contributed by atoms with van der Waals surface area (Å²) < 4.78 is 41.6. The van der Waals surface area contributed by atoms with E-state index in [-0.39, 0.29) is 29.1 Å². The van der Waals surface area contributed by atoms with Crippen molar-refractivity contribution in [3.8, 4) is 0 Å². The van der Waals surface area contributed by atoms with Crippen LogP contribution in [0.5, 0.6) is 0 Å². The van der Waals surface area contributed by atoms with Gasteiger partial charge >= 0.3 is 0 Å². The normalized spacial score (nSPS) is 21.2. The maximum absolute atomic E-state index is 14.5. The number of nitrogens with one attached hydrogen (secondary N) is 1. The van der Waals surface area contributed by atoms with Gasteiger partial charge in [-0.3, -0.25) is 19.5 Å². The lowest BCUT2D eigenvalue weighted by molar-refractivity contribution is -0.133. The lowest BCUT2D eigenvalue weighted by Gasteiger charge is -2.39. The minimum Gasteiger partial charge on any atom is -0.374 e. The Bertz CT molecular complexity index is 1350. The number of hydrogen-bond donors (Lipinski definition) is 2. The van der Waals surface area contributed by atoms with Gasteiger partial charge in [-0.05, 0) is 49.2 Å². The van der Waals surface area contributed by atoms with Crippen LogP contribution < -0.4 is 15.1 Å². The molecule has 1 aliphatic carbocycles. The molecule has 2 fully saturated rings. The first-order chi connectivity index (χ1) is 18.6. The molecule has 2 aliphatic rings. The van der Waals surface area contributed by atoms with Crippen molar-refractivity contribution < 1.29 is 27.9 Å². The molecule has 2 amide bonds. The van der Waals surface area contributed by atoms with Crippen LogP contribution >= 0.6 is 11.6 Å². The predicted molar refractivity (Wildman–Crippen MR) is 140 cm³/mol. The van der Waals surface area contributed by atoms with E-state index in [2.05, 4.69) is 10.3 Å². The maximum atomic E-state index is 14.5. The molecule has 39 heavy (non-hydrogen) atoms. The largest absolute Gasteiger partial charge is 0.374 e. The van der Waals surface area contributed by atoms with Crippen LogP contribution in [-0.4, -0.2) is 46.1 Å². The monoisotopic (exact) mass is 558 g/mol. The van der Waals surface area contributed by atoms with Gasteiger partial charge in [-0.25, -0.2) is 13.2 Å². The van der Waals surface area contributed by atoms with Crippen molar-refractivity contribution in [3.05, 3.63) is 89.5 Å². The highest BCUT2D eigenvalue weighted by molar-refractivity contribution is 6.31. The molecule has 1 saturated carbocycles. The zero-order valence-corrected chi connectivity index (χ0v) is 21.4. The number of aromatic nitrogens is 1. The quantitative estimate of drug-likeness (QED) is 0.433. The van der Waals surface area contributed by atoms with E-state index < -0.39 is 60.7 Å². The SMILES string of the molecule is O=C(NC1CC(F)(F)C1)C(c1ccccc1Cl)N(C(=O)[C@@H]1CCC(O)N1c1cccnc1)c1cccc(F)c1. The second-order valence-electron chi connectivity index (χ2n) is 9.77. The molecule has 2 N–H and O–H groups in total. The number of aliphatic hydroxyl groups excluding tert-OH is 1. The third-order valence-electron chi connectivity index (χ3n) is 7.05. The molecule has 11 heteroatoms. The summed E-state index contributed by atoms with van der Waals surface area (Å²) in [5.74, 6) is -4.84. The maximum Gasteiger partial charge on any atom is 0.252 e. The summed E-state index contributed by atoms with van der Waals surface area (Å²) in [5.41, 5.74) is 0.814. The van der Waals surface area contributed by atoms with Gasteiger partial charge in [0.05, 0.1) is 11.9 Å². The summed E-state index contributed by atoms with van der Waals surface area (Å²) in [6, 6.07) is 11.8. The van der Waals surface area contributed by atoms with Crippen molar-refractivity contribution in [2.45, 2.75) is 56.0 Å². The summed E-state index contributed by atoms with van der Waals surface area (Å²) in [5, 5.41) is 13.6. The predicted octanol–water partition coefficient (Wildman–Crippen LogP) is 4.85. The van der Waals surface area contributed by atoms with Crippen molar-refractivity contribution in [1.29, 1.82) is 0 Å². The zero-order chi connectivity index (χ0) is 27.7. The van der Waals surface area contributed by atoms with Crippen molar-refractivity contribution in [2.75, 3.05) is 9.80 Å². The van der Waals surface area contributed by atoms with Crippen LogP contribution in [0.25, 0.3) is 0 Å². The molecule has 1 aliphatic heterocycles. The van der Waals surface area contributed by atoms with E-state index in [1.807, 2.05) is 0 Å². The van der Waals surface area contributed by atoms with Gasteiger partial charge in [0, 0.05) is 41.4 Å². The number of hydrogen-bond acceptors (Lipinski definition) is 5. The Balaban J connectivity index is 1.59. The first kappa shape index (κ1) is 27.0. The smallest absolute Gasteiger partial charge is 0.252 e. The summed E-state index contributed by atoms with van der Waals surface area (Å²) in [7, 11) is 0. The summed E-state index contributed by atoms with van der Waals surface area (Å²) in [6.07, 6.45) is 1.54. The highest BCUT2D eigenvalue weighted by Gasteiger charge is 2.48. The Kier molecular flexibility index (Phi) is 7.51. The van der Waals surface area contributed by atoms with Crippen LogP contribution in [0.2, 0.25) is 5.02 Å². The Hall–Kier alpha value is -3.63. The van der Waals surface area contributed by atoms with Gasteiger partial charge < -0.3 is 15.3 Å². The standard InChI is InChI=1S/C28H26ClF3N4O3/c29-22-9-2-1-8-21(22)25(26(38)34-18-14-28(31,32)15-18)36(19-6-3-5-17(30)13-19)27(39)23-10-11-24(37)35(23)20-7-4-12-33-16-20/h1-9,12-13,16,18,23-25,37H,10-11,14-15H2,(H,34,38)/t23-,24?,25?/m0/s1. The van der Waals surface area contributed by atoms with Gasteiger partial charge in [0.15, 0.2) is 0 Å². The van der Waals surface area contributed by atoms with E-state index >= 15 is 0 Å². The van der Waals surface area contributed by atoms with Crippen LogP contribution in [-0.2, 0) is 9.59 Å². The van der Waals surface area contributed by atoms with Crippen LogP contribution in [0.3, 0.4) is 0 Å². The van der Waals surface area contributed by atoms with Crippen LogP contribution in [0, 0.1) is 5.82 Å². The fraction of sp³-hybridized carbons (Fsp3) is 0.321. The van der Waals surface area contributed by atoms with Crippen molar-refractivity contribution >= 4 is 34.8 Å². The molecule has 0 radical (unpaired) electrons. The Labute approximate surface area is 228 Å². The van der Waals surface area contributed by atoms with Gasteiger partial charge in [0.1, 0.15) is 24.1 Å². The van der Waals surface area contributed by atoms with Gasteiger partial charge in [-0.1, -0.05) is 35.9 Å². The molecule has 3 atom stereocenters. The molecular weight excluding hydrogens is 533 g/mol. The van der Waals surface area contributed by atoms with Crippen LogP contribution in [0.4, 0.5) is 24.5 Å². The van der Waals surface area contributed by atoms with E-state index in [0.717, 1.165) is 11.0 Å². The fourth-order valence-electron chi connectivity index (χ4n) is 5.22. The number of carbonyl (C=O) groups excluding carboxylic acids is 2. The third kappa shape index (κ3) is 5.58. The van der Waals surface area contributed by atoms with Gasteiger partial charge in [0.2, 0.25) is 5.91 Å². The molecule has 0 spiro atoms. The number of alkyl halides is 2. The van der Waals surface area contributed by atoms with Crippen molar-refractivity contribution in [2.24, 2.45) is 0 Å². The van der Waals surface area contributed by atoms with E-state index in [1.54, 1.807) is 42.6 Å². The Morgan fingerprint density at radius 3 is 2.54 bits per heavy atom. The van der Waals surface area contributed by atoms with Crippen LogP contribution in [0.15, 0.2) is 73.1 Å². The van der Waals surface area contributed by atoms with Gasteiger partial charge in [-0.15, -0.1) is 0 Å². The molecule has 3 aromatic rings. The highest BCUT2D eigenvalue weighted by atomic mass is 35.5. The molecule has 0 bridgehead atoms. The molecule has 2 heterocycles. The second kappa shape index (κ2) is 10.9. The summed E-state index contributed by atoms with van der Waals surface area (Å²) >= 11 is 6.50. The topological polar surface area (TPSA) is 85.8 Å². The average molecular weight is 559 g/mol. The third-order valence-corrected chi connectivity index (χ3v) is 7.40. The number of anilines is 2. The first-order valence-electron chi connectivity index (χ1n) is 12.5. The van der Waals surface area contributed by atoms with Crippen molar-refractivity contribution in [1.82, 2.24) is 10.3 Å². The number of rotatable bonds is 7. The molecule has 7 nitrogen and oxygen atoms in total. The van der Waals surface area contributed by atoms with E-state index in [4.69, 9.17) is 11.6 Å². The highest BCUT2D eigenvalue weighted by Crippen LogP contribution is 2.40. The fourth-order valence-corrected chi connectivity index (χ4v) is 5.46.